The summed E-state index contributed by atoms with van der Waals surface area (Å²) in [4.78, 5) is 11.7. The fraction of sp³-hybridized carbons (Fsp3) is 0.583. The molecule has 1 aliphatic carbocycles. The Morgan fingerprint density at radius 1 is 1.58 bits per heavy atom. The third kappa shape index (κ3) is 3.51. The van der Waals surface area contributed by atoms with Crippen LogP contribution in [0.1, 0.15) is 36.1 Å². The van der Waals surface area contributed by atoms with Crippen LogP contribution in [0.15, 0.2) is 15.4 Å². The lowest BCUT2D eigenvalue weighted by Gasteiger charge is -2.09. The second kappa shape index (κ2) is 5.17. The number of hydrogen-bond donors (Lipinski definition) is 1. The van der Waals surface area contributed by atoms with Gasteiger partial charge in [-0.25, -0.2) is 8.42 Å². The number of nitrogens with one attached hydrogen (secondary N) is 1. The number of carbonyl (C=O) groups excluding carboxylic acids is 1. The summed E-state index contributed by atoms with van der Waals surface area (Å²) in [6.07, 6.45) is 2.43. The molecule has 1 fully saturated rings. The van der Waals surface area contributed by atoms with E-state index in [1.807, 2.05) is 0 Å². The Hall–Kier alpha value is -1.01. The zero-order valence-corrected chi connectivity index (χ0v) is 12.3. The minimum absolute atomic E-state index is 0.0280. The van der Waals surface area contributed by atoms with Crippen molar-refractivity contribution in [3.8, 4) is 0 Å². The first-order valence-corrected chi connectivity index (χ1v) is 8.43. The van der Waals surface area contributed by atoms with E-state index in [1.165, 1.54) is 19.8 Å². The van der Waals surface area contributed by atoms with E-state index in [1.54, 1.807) is 0 Å². The smallest absolute Gasteiger partial charge is 0.287 e. The summed E-state index contributed by atoms with van der Waals surface area (Å²) in [5.41, 5.74) is 0. The highest BCUT2D eigenvalue weighted by Gasteiger charge is 2.28. The zero-order chi connectivity index (χ0) is 14.2. The molecule has 1 unspecified atom stereocenters. The van der Waals surface area contributed by atoms with Gasteiger partial charge in [0, 0.05) is 23.3 Å². The van der Waals surface area contributed by atoms with Crippen LogP contribution in [0.5, 0.6) is 0 Å². The minimum atomic E-state index is -3.88. The summed E-state index contributed by atoms with van der Waals surface area (Å²) >= 11 is 0. The van der Waals surface area contributed by atoms with Gasteiger partial charge in [0.15, 0.2) is 5.76 Å². The van der Waals surface area contributed by atoms with Gasteiger partial charge in [0.25, 0.3) is 15.0 Å². The predicted molar refractivity (Wildman–Crippen MR) is 70.7 cm³/mol. The molecule has 2 rings (SSSR count). The number of carbonyl (C=O) groups is 1. The van der Waals surface area contributed by atoms with Crippen LogP contribution in [0.2, 0.25) is 0 Å². The van der Waals surface area contributed by atoms with Crippen molar-refractivity contribution in [2.45, 2.75) is 31.6 Å². The van der Waals surface area contributed by atoms with Gasteiger partial charge in [-0.05, 0) is 31.6 Å². The maximum Gasteiger partial charge on any atom is 0.287 e. The number of halogens is 1. The summed E-state index contributed by atoms with van der Waals surface area (Å²) in [5.74, 6) is 0.797. The van der Waals surface area contributed by atoms with Crippen molar-refractivity contribution in [1.82, 2.24) is 5.32 Å². The Labute approximate surface area is 116 Å². The van der Waals surface area contributed by atoms with Crippen LogP contribution in [0.3, 0.4) is 0 Å². The molecular formula is C12H16ClNO4S. The molecule has 1 N–H and O–H groups in total. The van der Waals surface area contributed by atoms with Gasteiger partial charge in [-0.15, -0.1) is 0 Å². The molecule has 0 bridgehead atoms. The van der Waals surface area contributed by atoms with Gasteiger partial charge in [0.2, 0.25) is 0 Å². The van der Waals surface area contributed by atoms with Gasteiger partial charge in [-0.2, -0.15) is 0 Å². The van der Waals surface area contributed by atoms with Crippen molar-refractivity contribution in [3.05, 3.63) is 17.6 Å². The zero-order valence-electron chi connectivity index (χ0n) is 10.8. The molecule has 19 heavy (non-hydrogen) atoms. The maximum absolute atomic E-state index is 11.8. The highest BCUT2D eigenvalue weighted by atomic mass is 35.7. The first-order valence-electron chi connectivity index (χ1n) is 6.12. The van der Waals surface area contributed by atoms with Crippen LogP contribution in [0.25, 0.3) is 0 Å². The van der Waals surface area contributed by atoms with Crippen molar-refractivity contribution in [2.75, 3.05) is 6.54 Å². The van der Waals surface area contributed by atoms with E-state index >= 15 is 0 Å². The monoisotopic (exact) mass is 305 g/mol. The van der Waals surface area contributed by atoms with Crippen molar-refractivity contribution >= 4 is 25.6 Å². The van der Waals surface area contributed by atoms with E-state index in [2.05, 4.69) is 12.2 Å². The molecule has 0 aliphatic heterocycles. The summed E-state index contributed by atoms with van der Waals surface area (Å²) < 4.78 is 27.6. The molecule has 106 valence electrons. The third-order valence-electron chi connectivity index (χ3n) is 3.37. The molecular weight excluding hydrogens is 290 g/mol. The molecule has 1 aromatic heterocycles. The third-order valence-corrected chi connectivity index (χ3v) is 4.80. The van der Waals surface area contributed by atoms with Gasteiger partial charge in [-0.1, -0.05) is 6.92 Å². The number of amides is 1. The second-order valence-electron chi connectivity index (χ2n) is 4.99. The lowest BCUT2D eigenvalue weighted by Crippen LogP contribution is -2.28. The van der Waals surface area contributed by atoms with Gasteiger partial charge in [0.1, 0.15) is 10.7 Å². The van der Waals surface area contributed by atoms with E-state index in [0.29, 0.717) is 18.4 Å². The molecule has 1 atom stereocenters. The molecule has 0 radical (unpaired) electrons. The van der Waals surface area contributed by atoms with Crippen LogP contribution in [0.4, 0.5) is 0 Å². The van der Waals surface area contributed by atoms with E-state index in [9.17, 15) is 13.2 Å². The van der Waals surface area contributed by atoms with Gasteiger partial charge in [0.05, 0.1) is 0 Å². The Morgan fingerprint density at radius 2 is 2.21 bits per heavy atom. The first-order chi connectivity index (χ1) is 8.79. The molecule has 7 heteroatoms. The molecule has 0 saturated heterocycles. The van der Waals surface area contributed by atoms with Gasteiger partial charge in [-0.3, -0.25) is 4.79 Å². The minimum Gasteiger partial charge on any atom is -0.455 e. The van der Waals surface area contributed by atoms with Gasteiger partial charge < -0.3 is 9.73 Å². The highest BCUT2D eigenvalue weighted by molar-refractivity contribution is 8.13. The summed E-state index contributed by atoms with van der Waals surface area (Å²) in [6, 6.07) is 1.16. The van der Waals surface area contributed by atoms with Crippen LogP contribution < -0.4 is 5.32 Å². The highest BCUT2D eigenvalue weighted by Crippen LogP contribution is 2.36. The summed E-state index contributed by atoms with van der Waals surface area (Å²) in [6.45, 7) is 4.10. The number of rotatable bonds is 5. The van der Waals surface area contributed by atoms with Crippen molar-refractivity contribution in [1.29, 1.82) is 0 Å². The SMILES string of the molecule is Cc1oc(C(=O)NCC(C)C2CC2)cc1S(=O)(=O)Cl. The fourth-order valence-electron chi connectivity index (χ4n) is 1.99. The number of hydrogen-bond acceptors (Lipinski definition) is 4. The average Bonchev–Trinajstić information content (AvgIpc) is 3.07. The second-order valence-corrected chi connectivity index (χ2v) is 7.53. The van der Waals surface area contributed by atoms with Crippen LogP contribution in [-0.2, 0) is 9.05 Å². The van der Waals surface area contributed by atoms with Crippen LogP contribution in [-0.4, -0.2) is 20.9 Å². The summed E-state index contributed by atoms with van der Waals surface area (Å²) in [7, 11) is 1.36. The predicted octanol–water partition coefficient (Wildman–Crippen LogP) is 2.29. The lowest BCUT2D eigenvalue weighted by atomic mass is 10.1. The van der Waals surface area contributed by atoms with Crippen molar-refractivity contribution in [3.63, 3.8) is 0 Å². The van der Waals surface area contributed by atoms with Crippen LogP contribution in [0, 0.1) is 18.8 Å². The Kier molecular flexibility index (Phi) is 3.92. The van der Waals surface area contributed by atoms with E-state index in [0.717, 1.165) is 6.07 Å². The normalized spacial score (nSPS) is 17.2. The largest absolute Gasteiger partial charge is 0.455 e. The van der Waals surface area contributed by atoms with E-state index in [-0.39, 0.29) is 16.4 Å². The lowest BCUT2D eigenvalue weighted by molar-refractivity contribution is 0.0917. The molecule has 1 heterocycles. The Bertz CT molecular complexity index is 589. The number of aryl methyl sites for hydroxylation is 1. The van der Waals surface area contributed by atoms with Crippen molar-refractivity contribution < 1.29 is 17.6 Å². The fourth-order valence-corrected chi connectivity index (χ4v) is 3.08. The molecule has 1 aromatic rings. The molecule has 1 aliphatic rings. The average molecular weight is 306 g/mol. The molecule has 1 saturated carbocycles. The molecule has 1 amide bonds. The Balaban J connectivity index is 2.03. The van der Waals surface area contributed by atoms with E-state index < -0.39 is 15.0 Å². The van der Waals surface area contributed by atoms with Crippen LogP contribution >= 0.6 is 10.7 Å². The number of furan rings is 1. The molecule has 0 aromatic carbocycles. The first kappa shape index (κ1) is 14.4. The summed E-state index contributed by atoms with van der Waals surface area (Å²) in [5, 5.41) is 2.74. The standard InChI is InChI=1S/C12H16ClNO4S/c1-7(9-3-4-9)6-14-12(15)10-5-11(8(2)18-10)19(13,16)17/h5,7,9H,3-4,6H2,1-2H3,(H,14,15). The van der Waals surface area contributed by atoms with Crippen molar-refractivity contribution in [2.24, 2.45) is 11.8 Å². The maximum atomic E-state index is 11.8. The Morgan fingerprint density at radius 3 is 2.68 bits per heavy atom. The molecule has 0 spiro atoms. The molecule has 5 nitrogen and oxygen atoms in total. The van der Waals surface area contributed by atoms with Gasteiger partial charge >= 0.3 is 0 Å². The quantitative estimate of drug-likeness (QED) is 0.847. The van der Waals surface area contributed by atoms with E-state index in [4.69, 9.17) is 15.1 Å². The topological polar surface area (TPSA) is 76.4 Å².